The Kier molecular flexibility index (Phi) is 3.71. The first-order chi connectivity index (χ1) is 9.29. The summed E-state index contributed by atoms with van der Waals surface area (Å²) in [6.07, 6.45) is 2.43. The lowest BCUT2D eigenvalue weighted by molar-refractivity contribution is 0.153. The van der Waals surface area contributed by atoms with Gasteiger partial charge in [0.25, 0.3) is 0 Å². The third kappa shape index (κ3) is 2.74. The molecule has 0 radical (unpaired) electrons. The first kappa shape index (κ1) is 12.9. The molecule has 4 heteroatoms. The number of halogens is 1. The molecule has 1 aromatic rings. The van der Waals surface area contributed by atoms with Gasteiger partial charge in [0.1, 0.15) is 11.6 Å². The molecule has 2 fully saturated rings. The van der Waals surface area contributed by atoms with Crippen LogP contribution in [0.3, 0.4) is 0 Å². The summed E-state index contributed by atoms with van der Waals surface area (Å²) in [4.78, 5) is 2.42. The van der Waals surface area contributed by atoms with Crippen LogP contribution >= 0.6 is 0 Å². The fourth-order valence-electron chi connectivity index (χ4n) is 3.00. The molecule has 1 aliphatic heterocycles. The summed E-state index contributed by atoms with van der Waals surface area (Å²) in [7, 11) is 1.63. The molecule has 0 aromatic heterocycles. The first-order valence-corrected chi connectivity index (χ1v) is 7.08. The summed E-state index contributed by atoms with van der Waals surface area (Å²) in [5.74, 6) is 1.26. The average Bonchev–Trinajstić information content (AvgIpc) is 3.27. The summed E-state index contributed by atoms with van der Waals surface area (Å²) >= 11 is 0. The second-order valence-electron chi connectivity index (χ2n) is 5.46. The number of ether oxygens (including phenoxy) is 1. The van der Waals surface area contributed by atoms with Crippen molar-refractivity contribution < 1.29 is 9.13 Å². The van der Waals surface area contributed by atoms with Gasteiger partial charge in [-0.1, -0.05) is 0 Å². The minimum atomic E-state index is -0.101. The highest BCUT2D eigenvalue weighted by Crippen LogP contribution is 2.45. The van der Waals surface area contributed by atoms with Crippen LogP contribution in [0, 0.1) is 11.7 Å². The average molecular weight is 264 g/mol. The van der Waals surface area contributed by atoms with Crippen LogP contribution in [0.5, 0.6) is 5.75 Å². The van der Waals surface area contributed by atoms with Gasteiger partial charge >= 0.3 is 0 Å². The number of nitrogens with zero attached hydrogens (tertiary/aromatic N) is 1. The van der Waals surface area contributed by atoms with E-state index in [9.17, 15) is 4.39 Å². The van der Waals surface area contributed by atoms with Crippen molar-refractivity contribution in [1.29, 1.82) is 0 Å². The van der Waals surface area contributed by atoms with Crippen molar-refractivity contribution >= 4 is 0 Å². The molecule has 1 aliphatic carbocycles. The zero-order valence-electron chi connectivity index (χ0n) is 11.4. The standard InChI is InChI=1S/C15H21FN2O/c1-19-12-4-5-14(16)13(10-12)15(11-2-3-11)18-8-6-17-7-9-18/h4-5,10-11,15,17H,2-3,6-9H2,1H3/t15-/m1/s1. The van der Waals surface area contributed by atoms with Crippen molar-refractivity contribution in [1.82, 2.24) is 10.2 Å². The van der Waals surface area contributed by atoms with Crippen molar-refractivity contribution in [3.8, 4) is 5.75 Å². The van der Waals surface area contributed by atoms with Crippen LogP contribution in [0.4, 0.5) is 4.39 Å². The number of benzene rings is 1. The predicted molar refractivity (Wildman–Crippen MR) is 72.9 cm³/mol. The monoisotopic (exact) mass is 264 g/mol. The molecule has 1 saturated carbocycles. The van der Waals surface area contributed by atoms with E-state index in [2.05, 4.69) is 10.2 Å². The van der Waals surface area contributed by atoms with Crippen LogP contribution in [0.15, 0.2) is 18.2 Å². The second kappa shape index (κ2) is 5.47. The topological polar surface area (TPSA) is 24.5 Å². The van der Waals surface area contributed by atoms with Crippen LogP contribution in [0.2, 0.25) is 0 Å². The first-order valence-electron chi connectivity index (χ1n) is 7.08. The van der Waals surface area contributed by atoms with E-state index in [1.165, 1.54) is 18.9 Å². The molecule has 0 amide bonds. The molecule has 0 unspecified atom stereocenters. The molecule has 104 valence electrons. The number of piperazine rings is 1. The van der Waals surface area contributed by atoms with E-state index in [0.717, 1.165) is 37.5 Å². The molecule has 1 aromatic carbocycles. The lowest BCUT2D eigenvalue weighted by Gasteiger charge is -2.35. The van der Waals surface area contributed by atoms with Crippen LogP contribution in [0.25, 0.3) is 0 Å². The Bertz CT molecular complexity index is 442. The van der Waals surface area contributed by atoms with E-state index < -0.39 is 0 Å². The zero-order chi connectivity index (χ0) is 13.2. The molecular weight excluding hydrogens is 243 g/mol. The van der Waals surface area contributed by atoms with E-state index in [-0.39, 0.29) is 11.9 Å². The smallest absolute Gasteiger partial charge is 0.128 e. The maximum absolute atomic E-state index is 14.2. The molecule has 1 heterocycles. The van der Waals surface area contributed by atoms with Gasteiger partial charge in [-0.05, 0) is 37.0 Å². The number of nitrogens with one attached hydrogen (secondary N) is 1. The van der Waals surface area contributed by atoms with Gasteiger partial charge in [0.15, 0.2) is 0 Å². The minimum Gasteiger partial charge on any atom is -0.497 e. The van der Waals surface area contributed by atoms with Crippen molar-refractivity contribution in [2.45, 2.75) is 18.9 Å². The molecule has 0 spiro atoms. The normalized spacial score (nSPS) is 22.2. The van der Waals surface area contributed by atoms with Gasteiger partial charge in [0.05, 0.1) is 7.11 Å². The summed E-state index contributed by atoms with van der Waals surface area (Å²) in [6.45, 7) is 3.99. The van der Waals surface area contributed by atoms with E-state index >= 15 is 0 Å². The van der Waals surface area contributed by atoms with Gasteiger partial charge in [0.2, 0.25) is 0 Å². The predicted octanol–water partition coefficient (Wildman–Crippen LogP) is 2.19. The molecule has 19 heavy (non-hydrogen) atoms. The van der Waals surface area contributed by atoms with Crippen LogP contribution in [0.1, 0.15) is 24.4 Å². The number of methoxy groups -OCH3 is 1. The minimum absolute atomic E-state index is 0.101. The Balaban J connectivity index is 1.90. The van der Waals surface area contributed by atoms with E-state index in [4.69, 9.17) is 4.74 Å². The number of hydrogen-bond acceptors (Lipinski definition) is 3. The summed E-state index contributed by atoms with van der Waals surface area (Å²) < 4.78 is 19.5. The van der Waals surface area contributed by atoms with E-state index in [1.54, 1.807) is 13.2 Å². The van der Waals surface area contributed by atoms with Crippen LogP contribution < -0.4 is 10.1 Å². The fraction of sp³-hybridized carbons (Fsp3) is 0.600. The van der Waals surface area contributed by atoms with Gasteiger partial charge in [-0.15, -0.1) is 0 Å². The van der Waals surface area contributed by atoms with Crippen LogP contribution in [-0.4, -0.2) is 38.2 Å². The Hall–Kier alpha value is -1.13. The third-order valence-corrected chi connectivity index (χ3v) is 4.14. The Morgan fingerprint density at radius 1 is 1.32 bits per heavy atom. The number of hydrogen-bond donors (Lipinski definition) is 1. The molecule has 0 bridgehead atoms. The summed E-state index contributed by atoms with van der Waals surface area (Å²) in [6, 6.07) is 5.32. The Morgan fingerprint density at radius 3 is 2.68 bits per heavy atom. The van der Waals surface area contributed by atoms with Gasteiger partial charge in [-0.25, -0.2) is 4.39 Å². The van der Waals surface area contributed by atoms with Gasteiger partial charge in [-0.2, -0.15) is 0 Å². The van der Waals surface area contributed by atoms with Gasteiger partial charge < -0.3 is 10.1 Å². The molecule has 1 N–H and O–H groups in total. The SMILES string of the molecule is COc1ccc(F)c([C@@H](C2CC2)N2CCNCC2)c1. The zero-order valence-corrected chi connectivity index (χ0v) is 11.4. The summed E-state index contributed by atoms with van der Waals surface area (Å²) in [5.41, 5.74) is 0.809. The molecule has 3 rings (SSSR count). The van der Waals surface area contributed by atoms with Gasteiger partial charge in [-0.3, -0.25) is 4.90 Å². The lowest BCUT2D eigenvalue weighted by atomic mass is 9.99. The van der Waals surface area contributed by atoms with Crippen molar-refractivity contribution in [3.63, 3.8) is 0 Å². The molecule has 3 nitrogen and oxygen atoms in total. The highest BCUT2D eigenvalue weighted by Gasteiger charge is 2.38. The Morgan fingerprint density at radius 2 is 2.05 bits per heavy atom. The number of rotatable bonds is 4. The van der Waals surface area contributed by atoms with Crippen molar-refractivity contribution in [2.24, 2.45) is 5.92 Å². The largest absolute Gasteiger partial charge is 0.497 e. The molecule has 1 atom stereocenters. The van der Waals surface area contributed by atoms with E-state index in [0.29, 0.717) is 5.92 Å². The molecule has 1 saturated heterocycles. The Labute approximate surface area is 113 Å². The fourth-order valence-corrected chi connectivity index (χ4v) is 3.00. The van der Waals surface area contributed by atoms with E-state index in [1.807, 2.05) is 6.07 Å². The quantitative estimate of drug-likeness (QED) is 0.902. The third-order valence-electron chi connectivity index (χ3n) is 4.14. The summed E-state index contributed by atoms with van der Waals surface area (Å²) in [5, 5.41) is 3.36. The highest BCUT2D eigenvalue weighted by atomic mass is 19.1. The maximum Gasteiger partial charge on any atom is 0.128 e. The van der Waals surface area contributed by atoms with Crippen LogP contribution in [-0.2, 0) is 0 Å². The van der Waals surface area contributed by atoms with Crippen molar-refractivity contribution in [2.75, 3.05) is 33.3 Å². The highest BCUT2D eigenvalue weighted by molar-refractivity contribution is 5.33. The molecule has 2 aliphatic rings. The maximum atomic E-state index is 14.2. The van der Waals surface area contributed by atoms with Crippen molar-refractivity contribution in [3.05, 3.63) is 29.6 Å². The lowest BCUT2D eigenvalue weighted by Crippen LogP contribution is -2.45. The molecular formula is C15H21FN2O. The van der Waals surface area contributed by atoms with Gasteiger partial charge in [0, 0.05) is 37.8 Å². The second-order valence-corrected chi connectivity index (χ2v) is 5.46.